The zero-order chi connectivity index (χ0) is 15.6. The number of aliphatic hydroxyl groups excluding tert-OH is 1. The van der Waals surface area contributed by atoms with Gasteiger partial charge in [-0.3, -0.25) is 9.69 Å². The molecule has 21 heavy (non-hydrogen) atoms. The van der Waals surface area contributed by atoms with Crippen LogP contribution in [-0.4, -0.2) is 41.1 Å². The molecule has 1 amide bonds. The lowest BCUT2D eigenvalue weighted by molar-refractivity contribution is -0.121. The monoisotopic (exact) mass is 331 g/mol. The van der Waals surface area contributed by atoms with Crippen molar-refractivity contribution in [2.24, 2.45) is 0 Å². The molecule has 0 saturated carbocycles. The molecule has 1 aliphatic rings. The first kappa shape index (κ1) is 16.4. The Balaban J connectivity index is 2.07. The largest absolute Gasteiger partial charge is 0.397 e. The minimum atomic E-state index is -0.377. The predicted octanol–water partition coefficient (Wildman–Crippen LogP) is 2.36. The highest BCUT2D eigenvalue weighted by molar-refractivity contribution is 6.37. The molecular weight excluding hydrogens is 313 g/mol. The summed E-state index contributed by atoms with van der Waals surface area (Å²) in [6.45, 7) is 3.08. The fraction of sp³-hybridized carbons (Fsp3) is 0.500. The van der Waals surface area contributed by atoms with Crippen molar-refractivity contribution < 1.29 is 9.90 Å². The first-order chi connectivity index (χ1) is 9.88. The van der Waals surface area contributed by atoms with E-state index in [-0.39, 0.29) is 18.1 Å². The molecule has 4 N–H and O–H groups in total. The molecule has 1 aliphatic heterocycles. The van der Waals surface area contributed by atoms with E-state index < -0.39 is 0 Å². The Labute approximate surface area is 134 Å². The molecule has 0 aliphatic carbocycles. The highest BCUT2D eigenvalue weighted by Gasteiger charge is 2.27. The summed E-state index contributed by atoms with van der Waals surface area (Å²) >= 11 is 11.9. The highest BCUT2D eigenvalue weighted by atomic mass is 35.5. The molecule has 1 heterocycles. The summed E-state index contributed by atoms with van der Waals surface area (Å²) in [5.74, 6) is -0.208. The van der Waals surface area contributed by atoms with Crippen LogP contribution < -0.4 is 11.1 Å². The number of hydrogen-bond acceptors (Lipinski definition) is 4. The number of likely N-dealkylation sites (tertiary alicyclic amines) is 1. The van der Waals surface area contributed by atoms with E-state index in [1.165, 1.54) is 6.07 Å². The minimum absolute atomic E-state index is 0.208. The average molecular weight is 332 g/mol. The van der Waals surface area contributed by atoms with Gasteiger partial charge in [0.1, 0.15) is 0 Å². The zero-order valence-corrected chi connectivity index (χ0v) is 13.3. The summed E-state index contributed by atoms with van der Waals surface area (Å²) in [6.07, 6.45) is 1.28. The van der Waals surface area contributed by atoms with Crippen LogP contribution in [0, 0.1) is 0 Å². The van der Waals surface area contributed by atoms with Gasteiger partial charge in [0.2, 0.25) is 5.91 Å². The fourth-order valence-corrected chi connectivity index (χ4v) is 3.01. The van der Waals surface area contributed by atoms with Gasteiger partial charge in [-0.1, -0.05) is 23.2 Å². The molecule has 2 unspecified atom stereocenters. The Hall–Kier alpha value is -1.01. The molecule has 0 spiro atoms. The number of halogens is 2. The smallest absolute Gasteiger partial charge is 0.241 e. The lowest BCUT2D eigenvalue weighted by atomic mass is 10.1. The first-order valence-corrected chi connectivity index (χ1v) is 7.61. The lowest BCUT2D eigenvalue weighted by Crippen LogP contribution is -2.48. The Morgan fingerprint density at radius 2 is 2.24 bits per heavy atom. The number of carbonyl (C=O) groups excluding carboxylic acids is 1. The predicted molar refractivity (Wildman–Crippen MR) is 85.8 cm³/mol. The van der Waals surface area contributed by atoms with E-state index in [1.54, 1.807) is 13.0 Å². The van der Waals surface area contributed by atoms with Crippen molar-refractivity contribution in [3.05, 3.63) is 22.2 Å². The number of nitrogens with two attached hydrogens (primary N) is 1. The summed E-state index contributed by atoms with van der Waals surface area (Å²) in [4.78, 5) is 14.3. The highest BCUT2D eigenvalue weighted by Crippen LogP contribution is 2.32. The van der Waals surface area contributed by atoms with Crippen LogP contribution in [0.1, 0.15) is 19.8 Å². The zero-order valence-electron chi connectivity index (χ0n) is 11.8. The van der Waals surface area contributed by atoms with Crippen molar-refractivity contribution in [3.8, 4) is 0 Å². The maximum absolute atomic E-state index is 12.3. The number of piperidine rings is 1. The van der Waals surface area contributed by atoms with Crippen LogP contribution in [0.4, 0.5) is 11.4 Å². The topological polar surface area (TPSA) is 78.6 Å². The number of aliphatic hydroxyl groups is 1. The Kier molecular flexibility index (Phi) is 5.32. The van der Waals surface area contributed by atoms with Gasteiger partial charge >= 0.3 is 0 Å². The second-order valence-corrected chi connectivity index (χ2v) is 6.15. The Morgan fingerprint density at radius 1 is 1.52 bits per heavy atom. The van der Waals surface area contributed by atoms with Gasteiger partial charge in [0.05, 0.1) is 28.5 Å². The fourth-order valence-electron chi connectivity index (χ4n) is 2.45. The van der Waals surface area contributed by atoms with E-state index in [1.807, 2.05) is 4.90 Å². The van der Waals surface area contributed by atoms with E-state index in [9.17, 15) is 9.90 Å². The van der Waals surface area contributed by atoms with Gasteiger partial charge in [0, 0.05) is 11.6 Å². The Bertz CT molecular complexity index is 516. The number of nitrogens with one attached hydrogen (secondary N) is 1. The van der Waals surface area contributed by atoms with Gasteiger partial charge in [-0.2, -0.15) is 0 Å². The van der Waals surface area contributed by atoms with Crippen LogP contribution >= 0.6 is 23.2 Å². The number of carbonyl (C=O) groups is 1. The van der Waals surface area contributed by atoms with Crippen molar-refractivity contribution in [2.45, 2.75) is 31.9 Å². The maximum Gasteiger partial charge on any atom is 0.241 e. The quantitative estimate of drug-likeness (QED) is 0.743. The van der Waals surface area contributed by atoms with Gasteiger partial charge in [-0.05, 0) is 38.4 Å². The second kappa shape index (κ2) is 6.83. The summed E-state index contributed by atoms with van der Waals surface area (Å²) in [7, 11) is 0. The molecule has 0 radical (unpaired) electrons. The van der Waals surface area contributed by atoms with Gasteiger partial charge in [-0.15, -0.1) is 0 Å². The number of nitrogen functional groups attached to an aromatic ring is 1. The number of nitrogens with zero attached hydrogens (tertiary/aromatic N) is 1. The first-order valence-electron chi connectivity index (χ1n) is 6.86. The van der Waals surface area contributed by atoms with Crippen LogP contribution in [0.25, 0.3) is 0 Å². The number of hydrogen-bond donors (Lipinski definition) is 3. The van der Waals surface area contributed by atoms with Crippen molar-refractivity contribution in [2.75, 3.05) is 24.1 Å². The third-order valence-electron chi connectivity index (χ3n) is 3.69. The van der Waals surface area contributed by atoms with Gasteiger partial charge in [-0.25, -0.2) is 0 Å². The molecule has 1 aromatic carbocycles. The molecule has 1 saturated heterocycles. The number of rotatable bonds is 3. The molecule has 0 aromatic heterocycles. The molecular formula is C14H19Cl2N3O2. The molecule has 1 fully saturated rings. The van der Waals surface area contributed by atoms with Gasteiger partial charge < -0.3 is 16.2 Å². The second-order valence-electron chi connectivity index (χ2n) is 5.31. The molecule has 1 aromatic rings. The minimum Gasteiger partial charge on any atom is -0.397 e. The van der Waals surface area contributed by atoms with Crippen molar-refractivity contribution in [1.29, 1.82) is 0 Å². The summed E-state index contributed by atoms with van der Waals surface area (Å²) in [6, 6.07) is 2.70. The van der Waals surface area contributed by atoms with Crippen molar-refractivity contribution in [1.82, 2.24) is 4.90 Å². The van der Waals surface area contributed by atoms with E-state index in [2.05, 4.69) is 5.32 Å². The number of anilines is 2. The van der Waals surface area contributed by atoms with Crippen LogP contribution in [0.3, 0.4) is 0 Å². The summed E-state index contributed by atoms with van der Waals surface area (Å²) in [5, 5.41) is 13.2. The summed E-state index contributed by atoms with van der Waals surface area (Å²) in [5.41, 5.74) is 6.53. The standard InChI is InChI=1S/C14H19Cl2N3O2/c1-8(19-4-2-3-10(20)7-19)14(21)18-13-11(16)5-9(15)6-12(13)17/h5-6,8,10,20H,2-4,7,17H2,1H3,(H,18,21). The molecule has 2 atom stereocenters. The number of β-amino-alcohol motifs (C(OH)–C–C–N with tert-alkyl or cyclic N) is 1. The van der Waals surface area contributed by atoms with E-state index in [0.717, 1.165) is 19.4 Å². The lowest BCUT2D eigenvalue weighted by Gasteiger charge is -2.34. The van der Waals surface area contributed by atoms with Gasteiger partial charge in [0.25, 0.3) is 0 Å². The van der Waals surface area contributed by atoms with Gasteiger partial charge in [0.15, 0.2) is 0 Å². The molecule has 7 heteroatoms. The number of benzene rings is 1. The van der Waals surface area contributed by atoms with Crippen LogP contribution in [0.5, 0.6) is 0 Å². The maximum atomic E-state index is 12.3. The van der Waals surface area contributed by atoms with Crippen molar-refractivity contribution in [3.63, 3.8) is 0 Å². The van der Waals surface area contributed by atoms with Crippen LogP contribution in [0.15, 0.2) is 12.1 Å². The van der Waals surface area contributed by atoms with E-state index >= 15 is 0 Å². The molecule has 0 bridgehead atoms. The number of amides is 1. The van der Waals surface area contributed by atoms with Crippen molar-refractivity contribution >= 4 is 40.5 Å². The van der Waals surface area contributed by atoms with E-state index in [0.29, 0.717) is 28.0 Å². The third-order valence-corrected chi connectivity index (χ3v) is 4.21. The molecule has 2 rings (SSSR count). The third kappa shape index (κ3) is 4.01. The summed E-state index contributed by atoms with van der Waals surface area (Å²) < 4.78 is 0. The molecule has 116 valence electrons. The average Bonchev–Trinajstić information content (AvgIpc) is 2.41. The molecule has 5 nitrogen and oxygen atoms in total. The van der Waals surface area contributed by atoms with E-state index in [4.69, 9.17) is 28.9 Å². The van der Waals surface area contributed by atoms with Crippen LogP contribution in [-0.2, 0) is 4.79 Å². The normalized spacial score (nSPS) is 21.0. The van der Waals surface area contributed by atoms with Crippen LogP contribution in [0.2, 0.25) is 10.0 Å². The SMILES string of the molecule is CC(C(=O)Nc1c(N)cc(Cl)cc1Cl)N1CCCC(O)C1. The Morgan fingerprint density at radius 3 is 2.86 bits per heavy atom.